The van der Waals surface area contributed by atoms with Crippen LogP contribution in [0.3, 0.4) is 0 Å². The molecule has 1 N–H and O–H groups in total. The van der Waals surface area contributed by atoms with Gasteiger partial charge in [-0.05, 0) is 0 Å². The first-order valence-corrected chi connectivity index (χ1v) is 7.55. The molecule has 0 unspecified atom stereocenters. The number of nitrogens with zero attached hydrogens (tertiary/aromatic N) is 3. The fraction of sp³-hybridized carbons (Fsp3) is 0.375. The summed E-state index contributed by atoms with van der Waals surface area (Å²) < 4.78 is 29.8. The summed E-state index contributed by atoms with van der Waals surface area (Å²) in [6.45, 7) is 2.57. The van der Waals surface area contributed by atoms with E-state index in [0.717, 1.165) is 6.20 Å². The molecule has 1 fully saturated rings. The minimum absolute atomic E-state index is 0.0989. The van der Waals surface area contributed by atoms with E-state index < -0.39 is 5.82 Å². The van der Waals surface area contributed by atoms with Crippen LogP contribution in [-0.4, -0.2) is 50.5 Å². The molecule has 0 spiro atoms. The molecule has 1 saturated heterocycles. The molecular formula is C16H19FN4O3. The van der Waals surface area contributed by atoms with Gasteiger partial charge in [-0.3, -0.25) is 0 Å². The number of anilines is 3. The summed E-state index contributed by atoms with van der Waals surface area (Å²) in [4.78, 5) is 10.3. The minimum atomic E-state index is -0.534. The first-order chi connectivity index (χ1) is 11.7. The van der Waals surface area contributed by atoms with Gasteiger partial charge in [-0.1, -0.05) is 0 Å². The number of morpholine rings is 1. The van der Waals surface area contributed by atoms with Gasteiger partial charge in [-0.25, -0.2) is 9.37 Å². The summed E-state index contributed by atoms with van der Waals surface area (Å²) in [5, 5.41) is 2.96. The van der Waals surface area contributed by atoms with Crippen molar-refractivity contribution in [1.29, 1.82) is 0 Å². The van der Waals surface area contributed by atoms with Crippen molar-refractivity contribution in [3.63, 3.8) is 0 Å². The number of benzene rings is 1. The summed E-state index contributed by atoms with van der Waals surface area (Å²) in [6, 6.07) is 5.21. The summed E-state index contributed by atoms with van der Waals surface area (Å²) in [5.41, 5.74) is 0.608. The van der Waals surface area contributed by atoms with E-state index in [-0.39, 0.29) is 5.82 Å². The Morgan fingerprint density at radius 3 is 2.42 bits per heavy atom. The van der Waals surface area contributed by atoms with Crippen molar-refractivity contribution in [2.75, 3.05) is 50.7 Å². The fourth-order valence-corrected chi connectivity index (χ4v) is 2.38. The quantitative estimate of drug-likeness (QED) is 0.899. The lowest BCUT2D eigenvalue weighted by Gasteiger charge is -2.26. The van der Waals surface area contributed by atoms with Crippen LogP contribution in [0, 0.1) is 5.82 Å². The Balaban J connectivity index is 1.86. The number of halogens is 1. The molecule has 128 valence electrons. The molecule has 1 aromatic carbocycles. The zero-order valence-corrected chi connectivity index (χ0v) is 13.6. The molecule has 1 aliphatic rings. The van der Waals surface area contributed by atoms with Gasteiger partial charge in [0, 0.05) is 37.0 Å². The molecule has 0 aliphatic carbocycles. The van der Waals surface area contributed by atoms with Crippen LogP contribution in [0.5, 0.6) is 11.5 Å². The lowest BCUT2D eigenvalue weighted by molar-refractivity contribution is 0.122. The van der Waals surface area contributed by atoms with Crippen LogP contribution in [-0.2, 0) is 4.74 Å². The lowest BCUT2D eigenvalue weighted by Crippen LogP contribution is -2.37. The normalized spacial score (nSPS) is 14.4. The Kier molecular flexibility index (Phi) is 4.95. The van der Waals surface area contributed by atoms with E-state index in [2.05, 4.69) is 15.3 Å². The second-order valence-electron chi connectivity index (χ2n) is 5.19. The number of rotatable bonds is 5. The topological polar surface area (TPSA) is 68.7 Å². The maximum absolute atomic E-state index is 14.1. The monoisotopic (exact) mass is 334 g/mol. The Labute approximate surface area is 139 Å². The fourth-order valence-electron chi connectivity index (χ4n) is 2.38. The van der Waals surface area contributed by atoms with Crippen LogP contribution >= 0.6 is 0 Å². The van der Waals surface area contributed by atoms with Crippen LogP contribution in [0.25, 0.3) is 0 Å². The number of ether oxygens (including phenoxy) is 3. The standard InChI is InChI=1S/C16H19FN4O3/c1-22-12-7-11(8-13(9-12)23-2)19-15-14(17)10-18-16(20-15)21-3-5-24-6-4-21/h7-10H,3-6H2,1-2H3,(H,18,19,20). The highest BCUT2D eigenvalue weighted by atomic mass is 19.1. The zero-order chi connectivity index (χ0) is 16.9. The van der Waals surface area contributed by atoms with Crippen LogP contribution < -0.4 is 19.7 Å². The second kappa shape index (κ2) is 7.31. The maximum atomic E-state index is 14.1. The minimum Gasteiger partial charge on any atom is -0.497 e. The number of hydrogen-bond acceptors (Lipinski definition) is 7. The SMILES string of the molecule is COc1cc(Nc2nc(N3CCOCC3)ncc2F)cc(OC)c1. The van der Waals surface area contributed by atoms with E-state index in [4.69, 9.17) is 14.2 Å². The summed E-state index contributed by atoms with van der Waals surface area (Å²) in [7, 11) is 3.11. The Bertz CT molecular complexity index is 685. The van der Waals surface area contributed by atoms with Crippen molar-refractivity contribution >= 4 is 17.5 Å². The smallest absolute Gasteiger partial charge is 0.227 e. The van der Waals surface area contributed by atoms with Gasteiger partial charge in [-0.15, -0.1) is 0 Å². The van der Waals surface area contributed by atoms with Crippen LogP contribution in [0.1, 0.15) is 0 Å². The highest BCUT2D eigenvalue weighted by Gasteiger charge is 2.16. The van der Waals surface area contributed by atoms with Gasteiger partial charge in [-0.2, -0.15) is 4.98 Å². The van der Waals surface area contributed by atoms with Gasteiger partial charge in [0.05, 0.1) is 33.6 Å². The molecule has 24 heavy (non-hydrogen) atoms. The predicted molar refractivity (Wildman–Crippen MR) is 87.9 cm³/mol. The molecule has 0 amide bonds. The van der Waals surface area contributed by atoms with E-state index in [0.29, 0.717) is 49.4 Å². The summed E-state index contributed by atoms with van der Waals surface area (Å²) in [5.74, 6) is 1.23. The van der Waals surface area contributed by atoms with Crippen LogP contribution in [0.15, 0.2) is 24.4 Å². The van der Waals surface area contributed by atoms with Gasteiger partial charge >= 0.3 is 0 Å². The molecule has 8 heteroatoms. The van der Waals surface area contributed by atoms with E-state index in [1.165, 1.54) is 0 Å². The van der Waals surface area contributed by atoms with Crippen molar-refractivity contribution in [3.8, 4) is 11.5 Å². The average Bonchev–Trinajstić information content (AvgIpc) is 2.64. The maximum Gasteiger partial charge on any atom is 0.227 e. The summed E-state index contributed by atoms with van der Waals surface area (Å²) in [6.07, 6.45) is 1.16. The van der Waals surface area contributed by atoms with E-state index in [1.54, 1.807) is 32.4 Å². The number of aromatic nitrogens is 2. The Morgan fingerprint density at radius 1 is 1.12 bits per heavy atom. The number of methoxy groups -OCH3 is 2. The van der Waals surface area contributed by atoms with Gasteiger partial charge < -0.3 is 24.4 Å². The number of hydrogen-bond donors (Lipinski definition) is 1. The third-order valence-electron chi connectivity index (χ3n) is 3.64. The van der Waals surface area contributed by atoms with E-state index in [9.17, 15) is 4.39 Å². The van der Waals surface area contributed by atoms with Gasteiger partial charge in [0.1, 0.15) is 11.5 Å². The molecule has 7 nitrogen and oxygen atoms in total. The highest BCUT2D eigenvalue weighted by molar-refractivity contribution is 5.62. The molecule has 1 aromatic heterocycles. The molecule has 3 rings (SSSR count). The third kappa shape index (κ3) is 3.65. The lowest BCUT2D eigenvalue weighted by atomic mass is 10.2. The van der Waals surface area contributed by atoms with Crippen molar-refractivity contribution in [2.24, 2.45) is 0 Å². The molecule has 0 saturated carbocycles. The largest absolute Gasteiger partial charge is 0.497 e. The molecular weight excluding hydrogens is 315 g/mol. The van der Waals surface area contributed by atoms with E-state index >= 15 is 0 Å². The molecule has 2 heterocycles. The molecule has 1 aliphatic heterocycles. The molecule has 0 atom stereocenters. The van der Waals surface area contributed by atoms with Gasteiger partial charge in [0.25, 0.3) is 0 Å². The Hall–Kier alpha value is -2.61. The zero-order valence-electron chi connectivity index (χ0n) is 13.6. The average molecular weight is 334 g/mol. The first kappa shape index (κ1) is 16.3. The third-order valence-corrected chi connectivity index (χ3v) is 3.64. The van der Waals surface area contributed by atoms with Crippen molar-refractivity contribution in [1.82, 2.24) is 9.97 Å². The molecule has 2 aromatic rings. The van der Waals surface area contributed by atoms with Gasteiger partial charge in [0.2, 0.25) is 5.95 Å². The summed E-state index contributed by atoms with van der Waals surface area (Å²) >= 11 is 0. The van der Waals surface area contributed by atoms with E-state index in [1.807, 2.05) is 4.90 Å². The Morgan fingerprint density at radius 2 is 1.79 bits per heavy atom. The van der Waals surface area contributed by atoms with Crippen LogP contribution in [0.2, 0.25) is 0 Å². The van der Waals surface area contributed by atoms with Gasteiger partial charge in [0.15, 0.2) is 11.6 Å². The van der Waals surface area contributed by atoms with Crippen molar-refractivity contribution < 1.29 is 18.6 Å². The second-order valence-corrected chi connectivity index (χ2v) is 5.19. The first-order valence-electron chi connectivity index (χ1n) is 7.55. The molecule has 0 radical (unpaired) electrons. The molecule has 0 bridgehead atoms. The van der Waals surface area contributed by atoms with Crippen LogP contribution in [0.4, 0.5) is 21.8 Å². The van der Waals surface area contributed by atoms with Crippen molar-refractivity contribution in [3.05, 3.63) is 30.2 Å². The number of nitrogens with one attached hydrogen (secondary N) is 1. The van der Waals surface area contributed by atoms with Crippen molar-refractivity contribution in [2.45, 2.75) is 0 Å². The predicted octanol–water partition coefficient (Wildman–Crippen LogP) is 2.21. The highest BCUT2D eigenvalue weighted by Crippen LogP contribution is 2.28.